The van der Waals surface area contributed by atoms with Crippen molar-refractivity contribution in [3.8, 4) is 0 Å². The fourth-order valence-electron chi connectivity index (χ4n) is 0.820. The van der Waals surface area contributed by atoms with Crippen molar-refractivity contribution >= 4 is 17.9 Å². The van der Waals surface area contributed by atoms with Crippen LogP contribution in [0.1, 0.15) is 22.5 Å². The number of H-pyrrole nitrogens is 1. The highest BCUT2D eigenvalue weighted by Crippen LogP contribution is 2.25. The van der Waals surface area contributed by atoms with E-state index in [1.54, 1.807) is 0 Å². The van der Waals surface area contributed by atoms with Gasteiger partial charge in [0.05, 0.1) is 5.02 Å². The first kappa shape index (κ1) is 9.85. The van der Waals surface area contributed by atoms with E-state index in [1.807, 2.05) is 4.98 Å². The van der Waals surface area contributed by atoms with Crippen LogP contribution >= 0.6 is 11.6 Å². The second kappa shape index (κ2) is 3.66. The molecule has 13 heavy (non-hydrogen) atoms. The summed E-state index contributed by atoms with van der Waals surface area (Å²) in [6.07, 6.45) is -2.65. The molecule has 0 atom stereocenters. The largest absolute Gasteiger partial charge is 0.320 e. The van der Waals surface area contributed by atoms with Crippen LogP contribution in [0.4, 0.5) is 8.78 Å². The average molecular weight is 208 g/mol. The number of carbonyl (C=O) groups is 1. The van der Waals surface area contributed by atoms with Gasteiger partial charge in [0, 0.05) is 11.6 Å². The van der Waals surface area contributed by atoms with Crippen molar-refractivity contribution in [3.05, 3.63) is 32.7 Å². The molecule has 1 aromatic heterocycles. The number of rotatable bonds is 2. The molecule has 0 aliphatic rings. The Balaban J connectivity index is 3.44. The summed E-state index contributed by atoms with van der Waals surface area (Å²) in [5.41, 5.74) is -1.74. The maximum Gasteiger partial charge on any atom is 0.279 e. The zero-order valence-electron chi connectivity index (χ0n) is 6.18. The molecular weight excluding hydrogens is 204 g/mol. The summed E-state index contributed by atoms with van der Waals surface area (Å²) in [4.78, 5) is 22.8. The first-order valence-corrected chi connectivity index (χ1v) is 3.60. The summed E-state index contributed by atoms with van der Waals surface area (Å²) in [5, 5.41) is -0.412. The Kier molecular flexibility index (Phi) is 2.77. The van der Waals surface area contributed by atoms with Crippen LogP contribution in [0, 0.1) is 0 Å². The Morgan fingerprint density at radius 2 is 2.15 bits per heavy atom. The number of aromatic amines is 1. The number of halogens is 3. The molecule has 1 aromatic rings. The lowest BCUT2D eigenvalue weighted by Gasteiger charge is -2.03. The topological polar surface area (TPSA) is 49.9 Å². The Morgan fingerprint density at radius 1 is 1.54 bits per heavy atom. The molecule has 0 fully saturated rings. The van der Waals surface area contributed by atoms with E-state index in [0.29, 0.717) is 0 Å². The zero-order chi connectivity index (χ0) is 10.0. The maximum atomic E-state index is 12.2. The monoisotopic (exact) mass is 207 g/mol. The van der Waals surface area contributed by atoms with Crippen molar-refractivity contribution in [3.63, 3.8) is 0 Å². The van der Waals surface area contributed by atoms with Crippen LogP contribution < -0.4 is 5.56 Å². The lowest BCUT2D eigenvalue weighted by molar-refractivity contribution is 0.112. The van der Waals surface area contributed by atoms with Crippen LogP contribution in [0.25, 0.3) is 0 Å². The minimum atomic E-state index is -2.90. The second-order valence-corrected chi connectivity index (χ2v) is 2.61. The van der Waals surface area contributed by atoms with Gasteiger partial charge < -0.3 is 4.98 Å². The van der Waals surface area contributed by atoms with E-state index in [4.69, 9.17) is 11.6 Å². The van der Waals surface area contributed by atoms with Gasteiger partial charge in [-0.05, 0) is 0 Å². The lowest BCUT2D eigenvalue weighted by atomic mass is 10.2. The normalized spacial score (nSPS) is 10.5. The molecule has 0 aromatic carbocycles. The van der Waals surface area contributed by atoms with Gasteiger partial charge in [-0.1, -0.05) is 11.6 Å². The Labute approximate surface area is 76.3 Å². The smallest absolute Gasteiger partial charge is 0.279 e. The summed E-state index contributed by atoms with van der Waals surface area (Å²) in [7, 11) is 0. The standard InChI is InChI=1S/C7H4ClF2NO2/c8-5-3(2-12)1-4(13)11-6(5)7(9)10/h1-2,7H,(H,11,13). The third-order valence-corrected chi connectivity index (χ3v) is 1.80. The number of hydrogen-bond donors (Lipinski definition) is 1. The molecule has 0 radical (unpaired) electrons. The molecule has 0 saturated heterocycles. The molecule has 1 heterocycles. The van der Waals surface area contributed by atoms with Crippen molar-refractivity contribution in [1.29, 1.82) is 0 Å². The van der Waals surface area contributed by atoms with Crippen molar-refractivity contribution < 1.29 is 13.6 Å². The van der Waals surface area contributed by atoms with Gasteiger partial charge in [-0.15, -0.1) is 0 Å². The number of nitrogens with one attached hydrogen (secondary N) is 1. The highest BCUT2D eigenvalue weighted by atomic mass is 35.5. The zero-order valence-corrected chi connectivity index (χ0v) is 6.94. The fraction of sp³-hybridized carbons (Fsp3) is 0.143. The third-order valence-electron chi connectivity index (χ3n) is 1.38. The van der Waals surface area contributed by atoms with Gasteiger partial charge in [-0.3, -0.25) is 9.59 Å². The average Bonchev–Trinajstić information content (AvgIpc) is 2.08. The highest BCUT2D eigenvalue weighted by Gasteiger charge is 2.16. The van der Waals surface area contributed by atoms with Crippen molar-refractivity contribution in [2.75, 3.05) is 0 Å². The Bertz CT molecular complexity index is 389. The number of carbonyl (C=O) groups excluding carboxylic acids is 1. The van der Waals surface area contributed by atoms with Crippen LogP contribution in [-0.4, -0.2) is 11.3 Å². The van der Waals surface area contributed by atoms with Gasteiger partial charge in [-0.2, -0.15) is 0 Å². The van der Waals surface area contributed by atoms with Gasteiger partial charge in [-0.25, -0.2) is 8.78 Å². The van der Waals surface area contributed by atoms with E-state index in [0.717, 1.165) is 6.07 Å². The third kappa shape index (κ3) is 1.92. The molecule has 0 amide bonds. The van der Waals surface area contributed by atoms with E-state index in [-0.39, 0.29) is 11.8 Å². The molecule has 0 aliphatic carbocycles. The van der Waals surface area contributed by atoms with E-state index < -0.39 is 22.7 Å². The van der Waals surface area contributed by atoms with E-state index >= 15 is 0 Å². The molecule has 6 heteroatoms. The van der Waals surface area contributed by atoms with Crippen molar-refractivity contribution in [1.82, 2.24) is 4.98 Å². The Morgan fingerprint density at radius 3 is 2.62 bits per heavy atom. The van der Waals surface area contributed by atoms with E-state index in [9.17, 15) is 18.4 Å². The SMILES string of the molecule is O=Cc1cc(=O)[nH]c(C(F)F)c1Cl. The van der Waals surface area contributed by atoms with E-state index in [2.05, 4.69) is 0 Å². The van der Waals surface area contributed by atoms with Crippen LogP contribution in [0.5, 0.6) is 0 Å². The number of alkyl halides is 2. The summed E-state index contributed by atoms with van der Waals surface area (Å²) >= 11 is 5.39. The van der Waals surface area contributed by atoms with Gasteiger partial charge in [0.1, 0.15) is 5.69 Å². The number of aldehydes is 1. The summed E-state index contributed by atoms with van der Waals surface area (Å²) in [6.45, 7) is 0. The van der Waals surface area contributed by atoms with Gasteiger partial charge >= 0.3 is 0 Å². The quantitative estimate of drug-likeness (QED) is 0.752. The summed E-state index contributed by atoms with van der Waals surface area (Å²) < 4.78 is 24.3. The molecule has 70 valence electrons. The minimum Gasteiger partial charge on any atom is -0.320 e. The van der Waals surface area contributed by atoms with Gasteiger partial charge in [0.15, 0.2) is 6.29 Å². The first-order chi connectivity index (χ1) is 6.06. The first-order valence-electron chi connectivity index (χ1n) is 3.22. The van der Waals surface area contributed by atoms with Crippen LogP contribution in [0.2, 0.25) is 5.02 Å². The van der Waals surface area contributed by atoms with Gasteiger partial charge in [0.25, 0.3) is 6.43 Å². The fourth-order valence-corrected chi connectivity index (χ4v) is 1.05. The van der Waals surface area contributed by atoms with Crippen LogP contribution in [0.15, 0.2) is 10.9 Å². The predicted molar refractivity (Wildman–Crippen MR) is 42.4 cm³/mol. The Hall–Kier alpha value is -1.23. The van der Waals surface area contributed by atoms with Crippen LogP contribution in [0.3, 0.4) is 0 Å². The molecule has 0 bridgehead atoms. The molecule has 0 unspecified atom stereocenters. The maximum absolute atomic E-state index is 12.2. The number of hydrogen-bond acceptors (Lipinski definition) is 2. The number of pyridine rings is 1. The molecule has 0 spiro atoms. The summed E-state index contributed by atoms with van der Waals surface area (Å²) in [5.74, 6) is 0. The predicted octanol–water partition coefficient (Wildman–Crippen LogP) is 1.78. The molecule has 1 rings (SSSR count). The minimum absolute atomic E-state index is 0.235. The van der Waals surface area contributed by atoms with Crippen molar-refractivity contribution in [2.24, 2.45) is 0 Å². The second-order valence-electron chi connectivity index (χ2n) is 2.24. The van der Waals surface area contributed by atoms with Crippen LogP contribution in [-0.2, 0) is 0 Å². The molecule has 0 saturated carbocycles. The van der Waals surface area contributed by atoms with Gasteiger partial charge in [0.2, 0.25) is 5.56 Å². The molecule has 0 aliphatic heterocycles. The van der Waals surface area contributed by atoms with Crippen molar-refractivity contribution in [2.45, 2.75) is 6.43 Å². The summed E-state index contributed by atoms with van der Waals surface area (Å²) in [6, 6.07) is 0.862. The lowest BCUT2D eigenvalue weighted by Crippen LogP contribution is -2.10. The molecule has 3 nitrogen and oxygen atoms in total. The molecule has 1 N–H and O–H groups in total. The number of aromatic nitrogens is 1. The van der Waals surface area contributed by atoms with E-state index in [1.165, 1.54) is 0 Å². The molecular formula is C7H4ClF2NO2. The highest BCUT2D eigenvalue weighted by molar-refractivity contribution is 6.33.